The van der Waals surface area contributed by atoms with E-state index in [1.165, 1.54) is 28.7 Å². The zero-order valence-electron chi connectivity index (χ0n) is 14.2. The van der Waals surface area contributed by atoms with Crippen molar-refractivity contribution < 1.29 is 14.0 Å². The second kappa shape index (κ2) is 7.70. The summed E-state index contributed by atoms with van der Waals surface area (Å²) in [7, 11) is 0. The number of fused-ring (bicyclic) bond motifs is 1. The number of amides is 2. The summed E-state index contributed by atoms with van der Waals surface area (Å²) in [5, 5.41) is 3.37. The fraction of sp³-hybridized carbons (Fsp3) is 0.368. The van der Waals surface area contributed by atoms with E-state index in [0.29, 0.717) is 22.2 Å². The molecule has 1 atom stereocenters. The van der Waals surface area contributed by atoms with E-state index in [1.54, 1.807) is 24.5 Å². The summed E-state index contributed by atoms with van der Waals surface area (Å²) < 4.78 is 5.16. The van der Waals surface area contributed by atoms with Gasteiger partial charge in [-0.15, -0.1) is 11.3 Å². The highest BCUT2D eigenvalue weighted by Crippen LogP contribution is 2.40. The molecule has 0 aromatic carbocycles. The smallest absolute Gasteiger partial charge is 0.251 e. The van der Waals surface area contributed by atoms with Crippen LogP contribution in [0, 0.1) is 5.92 Å². The fourth-order valence-corrected chi connectivity index (χ4v) is 4.73. The number of furan rings is 1. The summed E-state index contributed by atoms with van der Waals surface area (Å²) in [4.78, 5) is 25.3. The maximum absolute atomic E-state index is 12.2. The molecule has 3 N–H and O–H groups in total. The number of hydrogen-bond acceptors (Lipinski definition) is 4. The van der Waals surface area contributed by atoms with Gasteiger partial charge in [-0.2, -0.15) is 0 Å². The quantitative estimate of drug-likeness (QED) is 0.766. The van der Waals surface area contributed by atoms with E-state index < -0.39 is 5.91 Å². The fourth-order valence-electron chi connectivity index (χ4n) is 3.36. The molecule has 132 valence electrons. The molecule has 0 saturated heterocycles. The third kappa shape index (κ3) is 4.02. The molecular weight excluding hydrogens is 336 g/mol. The van der Waals surface area contributed by atoms with Gasteiger partial charge in [0.1, 0.15) is 10.8 Å². The molecule has 6 heteroatoms. The van der Waals surface area contributed by atoms with Crippen LogP contribution in [0.5, 0.6) is 0 Å². The van der Waals surface area contributed by atoms with E-state index in [-0.39, 0.29) is 5.91 Å². The molecule has 0 radical (unpaired) electrons. The van der Waals surface area contributed by atoms with Gasteiger partial charge in [0, 0.05) is 11.0 Å². The normalized spacial score (nSPS) is 16.8. The van der Waals surface area contributed by atoms with Crippen LogP contribution in [0.2, 0.25) is 0 Å². The van der Waals surface area contributed by atoms with Crippen molar-refractivity contribution >= 4 is 34.2 Å². The van der Waals surface area contributed by atoms with E-state index >= 15 is 0 Å². The minimum Gasteiger partial charge on any atom is -0.465 e. The Balaban J connectivity index is 1.79. The molecule has 1 aliphatic rings. The van der Waals surface area contributed by atoms with Gasteiger partial charge in [-0.05, 0) is 49.0 Å². The van der Waals surface area contributed by atoms with Crippen LogP contribution in [0.3, 0.4) is 0 Å². The summed E-state index contributed by atoms with van der Waals surface area (Å²) >= 11 is 1.48. The lowest BCUT2D eigenvalue weighted by atomic mass is 9.84. The van der Waals surface area contributed by atoms with Gasteiger partial charge in [-0.1, -0.05) is 19.8 Å². The molecule has 5 nitrogen and oxygen atoms in total. The van der Waals surface area contributed by atoms with Crippen LogP contribution in [-0.2, 0) is 17.6 Å². The van der Waals surface area contributed by atoms with Gasteiger partial charge in [0.15, 0.2) is 0 Å². The van der Waals surface area contributed by atoms with Crippen molar-refractivity contribution in [2.45, 2.75) is 39.0 Å². The van der Waals surface area contributed by atoms with Crippen LogP contribution in [0.4, 0.5) is 5.00 Å². The average Bonchev–Trinajstić information content (AvgIpc) is 3.19. The van der Waals surface area contributed by atoms with Gasteiger partial charge in [0.2, 0.25) is 5.91 Å². The Kier molecular flexibility index (Phi) is 5.38. The predicted molar refractivity (Wildman–Crippen MR) is 99.6 cm³/mol. The first-order chi connectivity index (χ1) is 12.1. The van der Waals surface area contributed by atoms with Gasteiger partial charge in [0.05, 0.1) is 11.8 Å². The number of carbonyl (C=O) groups excluding carboxylic acids is 2. The van der Waals surface area contributed by atoms with Gasteiger partial charge in [0.25, 0.3) is 5.91 Å². The van der Waals surface area contributed by atoms with Crippen molar-refractivity contribution in [3.05, 3.63) is 46.2 Å². The molecule has 2 aromatic heterocycles. The van der Waals surface area contributed by atoms with E-state index in [9.17, 15) is 9.59 Å². The number of primary amides is 1. The third-order valence-corrected chi connectivity index (χ3v) is 5.66. The maximum atomic E-state index is 12.2. The summed E-state index contributed by atoms with van der Waals surface area (Å²) in [6.07, 6.45) is 9.77. The lowest BCUT2D eigenvalue weighted by Crippen LogP contribution is -2.19. The molecule has 2 heterocycles. The zero-order valence-corrected chi connectivity index (χ0v) is 15.0. The summed E-state index contributed by atoms with van der Waals surface area (Å²) in [5.74, 6) is 0.469. The zero-order chi connectivity index (χ0) is 17.8. The molecule has 1 unspecified atom stereocenters. The molecule has 0 spiro atoms. The summed E-state index contributed by atoms with van der Waals surface area (Å²) in [6, 6.07) is 3.51. The minimum atomic E-state index is -0.475. The SMILES string of the molecule is CCCC1CCc2c(sc(NC(=O)/C=C/c3ccco3)c2C(N)=O)C1. The highest BCUT2D eigenvalue weighted by Gasteiger charge is 2.28. The number of rotatable bonds is 6. The molecule has 3 rings (SSSR count). The van der Waals surface area contributed by atoms with Crippen molar-refractivity contribution in [1.82, 2.24) is 0 Å². The molecule has 0 aliphatic heterocycles. The van der Waals surface area contributed by atoms with Crippen molar-refractivity contribution in [3.8, 4) is 0 Å². The van der Waals surface area contributed by atoms with Gasteiger partial charge >= 0.3 is 0 Å². The van der Waals surface area contributed by atoms with Crippen LogP contribution < -0.4 is 11.1 Å². The van der Waals surface area contributed by atoms with Crippen LogP contribution >= 0.6 is 11.3 Å². The van der Waals surface area contributed by atoms with Crippen molar-refractivity contribution in [2.24, 2.45) is 11.7 Å². The Morgan fingerprint density at radius 1 is 1.48 bits per heavy atom. The summed E-state index contributed by atoms with van der Waals surface area (Å²) in [5.41, 5.74) is 7.09. The molecule has 1 aliphatic carbocycles. The average molecular weight is 358 g/mol. The van der Waals surface area contributed by atoms with Crippen LogP contribution in [0.15, 0.2) is 28.9 Å². The van der Waals surface area contributed by atoms with E-state index in [0.717, 1.165) is 31.2 Å². The molecular formula is C19H22N2O3S. The number of nitrogens with one attached hydrogen (secondary N) is 1. The number of nitrogens with two attached hydrogens (primary N) is 1. The second-order valence-corrected chi connectivity index (χ2v) is 7.41. The minimum absolute atomic E-state index is 0.303. The van der Waals surface area contributed by atoms with E-state index in [1.807, 2.05) is 0 Å². The Bertz CT molecular complexity index is 790. The van der Waals surface area contributed by atoms with Gasteiger partial charge < -0.3 is 15.5 Å². The maximum Gasteiger partial charge on any atom is 0.251 e. The first-order valence-corrected chi connectivity index (χ1v) is 9.37. The van der Waals surface area contributed by atoms with Crippen molar-refractivity contribution in [1.29, 1.82) is 0 Å². The predicted octanol–water partition coefficient (Wildman–Crippen LogP) is 4.00. The molecule has 2 amide bonds. The molecule has 0 fully saturated rings. The highest BCUT2D eigenvalue weighted by molar-refractivity contribution is 7.17. The lowest BCUT2D eigenvalue weighted by Gasteiger charge is -2.21. The Morgan fingerprint density at radius 2 is 2.32 bits per heavy atom. The van der Waals surface area contributed by atoms with Gasteiger partial charge in [-0.3, -0.25) is 9.59 Å². The van der Waals surface area contributed by atoms with E-state index in [2.05, 4.69) is 12.2 Å². The number of anilines is 1. The number of thiophene rings is 1. The second-order valence-electron chi connectivity index (χ2n) is 6.31. The Hall–Kier alpha value is -2.34. The Labute approximate surface area is 150 Å². The van der Waals surface area contributed by atoms with Crippen molar-refractivity contribution in [3.63, 3.8) is 0 Å². The topological polar surface area (TPSA) is 85.3 Å². The Morgan fingerprint density at radius 3 is 3.00 bits per heavy atom. The number of carbonyl (C=O) groups is 2. The van der Waals surface area contributed by atoms with Crippen molar-refractivity contribution in [2.75, 3.05) is 5.32 Å². The molecule has 2 aromatic rings. The molecule has 0 saturated carbocycles. The highest BCUT2D eigenvalue weighted by atomic mass is 32.1. The van der Waals surface area contributed by atoms with E-state index in [4.69, 9.17) is 10.2 Å². The molecule has 25 heavy (non-hydrogen) atoms. The first kappa shape index (κ1) is 17.5. The van der Waals surface area contributed by atoms with Gasteiger partial charge in [-0.25, -0.2) is 0 Å². The largest absolute Gasteiger partial charge is 0.465 e. The third-order valence-electron chi connectivity index (χ3n) is 4.49. The van der Waals surface area contributed by atoms with Crippen LogP contribution in [0.25, 0.3) is 6.08 Å². The van der Waals surface area contributed by atoms with Crippen LogP contribution in [-0.4, -0.2) is 11.8 Å². The van der Waals surface area contributed by atoms with Crippen LogP contribution in [0.1, 0.15) is 52.7 Å². The number of hydrogen-bond donors (Lipinski definition) is 2. The standard InChI is InChI=1S/C19H22N2O3S/c1-2-4-12-6-8-14-15(11-12)25-19(17(14)18(20)23)21-16(22)9-7-13-5-3-10-24-13/h3,5,7,9-10,12H,2,4,6,8,11H2,1H3,(H2,20,23)(H,21,22)/b9-7+. The summed E-state index contributed by atoms with van der Waals surface area (Å²) in [6.45, 7) is 2.19. The lowest BCUT2D eigenvalue weighted by molar-refractivity contribution is -0.111. The monoisotopic (exact) mass is 358 g/mol. The molecule has 0 bridgehead atoms. The first-order valence-electron chi connectivity index (χ1n) is 8.55.